The highest BCUT2D eigenvalue weighted by atomic mass is 16.1. The summed E-state index contributed by atoms with van der Waals surface area (Å²) in [6, 6.07) is 8.47. The van der Waals surface area contributed by atoms with E-state index in [0.29, 0.717) is 24.0 Å². The molecule has 1 fully saturated rings. The maximum absolute atomic E-state index is 12.5. The SMILES string of the molecule is O=C1Cc2ccccc2CC12CC1C=CC2C1. The van der Waals surface area contributed by atoms with Crippen molar-refractivity contribution in [1.29, 1.82) is 0 Å². The number of hydrogen-bond donors (Lipinski definition) is 0. The molecule has 4 rings (SSSR count). The van der Waals surface area contributed by atoms with E-state index in [2.05, 4.69) is 30.4 Å². The summed E-state index contributed by atoms with van der Waals surface area (Å²) in [6.07, 6.45) is 8.58. The highest BCUT2D eigenvalue weighted by Crippen LogP contribution is 2.56. The van der Waals surface area contributed by atoms with E-state index in [0.717, 1.165) is 12.8 Å². The van der Waals surface area contributed by atoms with Gasteiger partial charge in [-0.1, -0.05) is 36.4 Å². The van der Waals surface area contributed by atoms with E-state index in [9.17, 15) is 4.79 Å². The lowest BCUT2D eigenvalue weighted by Gasteiger charge is -2.38. The molecule has 1 saturated carbocycles. The second kappa shape index (κ2) is 3.10. The molecule has 0 radical (unpaired) electrons. The lowest BCUT2D eigenvalue weighted by Crippen LogP contribution is -2.41. The van der Waals surface area contributed by atoms with Gasteiger partial charge in [0, 0.05) is 11.8 Å². The van der Waals surface area contributed by atoms with Gasteiger partial charge >= 0.3 is 0 Å². The largest absolute Gasteiger partial charge is 0.299 e. The summed E-state index contributed by atoms with van der Waals surface area (Å²) in [5, 5.41) is 0. The van der Waals surface area contributed by atoms with Crippen molar-refractivity contribution in [2.45, 2.75) is 25.7 Å². The minimum absolute atomic E-state index is 0.0340. The smallest absolute Gasteiger partial charge is 0.144 e. The van der Waals surface area contributed by atoms with Gasteiger partial charge in [0.2, 0.25) is 0 Å². The molecule has 1 aromatic carbocycles. The quantitative estimate of drug-likeness (QED) is 0.619. The molecular weight excluding hydrogens is 208 g/mol. The van der Waals surface area contributed by atoms with Crippen LogP contribution < -0.4 is 0 Å². The van der Waals surface area contributed by atoms with Gasteiger partial charge in [0.1, 0.15) is 5.78 Å². The Kier molecular flexibility index (Phi) is 1.76. The van der Waals surface area contributed by atoms with Crippen molar-refractivity contribution in [2.24, 2.45) is 17.3 Å². The fourth-order valence-electron chi connectivity index (χ4n) is 4.17. The van der Waals surface area contributed by atoms with Crippen molar-refractivity contribution in [3.8, 4) is 0 Å². The zero-order chi connectivity index (χ0) is 11.5. The Morgan fingerprint density at radius 3 is 2.65 bits per heavy atom. The minimum Gasteiger partial charge on any atom is -0.299 e. The van der Waals surface area contributed by atoms with E-state index >= 15 is 0 Å². The van der Waals surface area contributed by atoms with Crippen molar-refractivity contribution < 1.29 is 4.79 Å². The van der Waals surface area contributed by atoms with Crippen molar-refractivity contribution in [1.82, 2.24) is 0 Å². The zero-order valence-corrected chi connectivity index (χ0v) is 9.86. The van der Waals surface area contributed by atoms with Gasteiger partial charge in [-0.05, 0) is 42.2 Å². The molecule has 1 aromatic rings. The summed E-state index contributed by atoms with van der Waals surface area (Å²) in [6.45, 7) is 0. The number of fused-ring (bicyclic) bond motifs is 4. The van der Waals surface area contributed by atoms with Crippen LogP contribution >= 0.6 is 0 Å². The number of rotatable bonds is 0. The summed E-state index contributed by atoms with van der Waals surface area (Å²) < 4.78 is 0. The Hall–Kier alpha value is -1.37. The third-order valence-electron chi connectivity index (χ3n) is 5.04. The van der Waals surface area contributed by atoms with Crippen LogP contribution in [0.3, 0.4) is 0 Å². The van der Waals surface area contributed by atoms with Crippen LogP contribution in [0.1, 0.15) is 24.0 Å². The first-order valence-electron chi connectivity index (χ1n) is 6.56. The predicted molar refractivity (Wildman–Crippen MR) is 66.6 cm³/mol. The Bertz CT molecular complexity index is 528. The Balaban J connectivity index is 1.81. The van der Waals surface area contributed by atoms with Crippen molar-refractivity contribution in [3.05, 3.63) is 47.5 Å². The van der Waals surface area contributed by atoms with Crippen LogP contribution in [0.4, 0.5) is 0 Å². The average molecular weight is 224 g/mol. The van der Waals surface area contributed by atoms with E-state index in [1.807, 2.05) is 6.07 Å². The molecule has 0 aliphatic heterocycles. The van der Waals surface area contributed by atoms with Gasteiger partial charge < -0.3 is 0 Å². The maximum Gasteiger partial charge on any atom is 0.144 e. The molecule has 17 heavy (non-hydrogen) atoms. The lowest BCUT2D eigenvalue weighted by molar-refractivity contribution is -0.130. The highest BCUT2D eigenvalue weighted by Gasteiger charge is 2.54. The standard InChI is InChI=1S/C16H16O/c17-15-8-12-3-1-2-4-13(12)10-16(15)9-11-5-6-14(16)7-11/h1-6,11,14H,7-10H2. The van der Waals surface area contributed by atoms with Gasteiger partial charge in [-0.3, -0.25) is 4.79 Å². The van der Waals surface area contributed by atoms with E-state index in [1.54, 1.807) is 0 Å². The zero-order valence-electron chi connectivity index (χ0n) is 9.86. The van der Waals surface area contributed by atoms with Crippen molar-refractivity contribution in [3.63, 3.8) is 0 Å². The van der Waals surface area contributed by atoms with Crippen LogP contribution in [-0.2, 0) is 17.6 Å². The summed E-state index contributed by atoms with van der Waals surface area (Å²) in [5.41, 5.74) is 2.64. The first-order chi connectivity index (χ1) is 8.28. The van der Waals surface area contributed by atoms with Gasteiger partial charge in [0.25, 0.3) is 0 Å². The van der Waals surface area contributed by atoms with Crippen LogP contribution in [-0.4, -0.2) is 5.78 Å². The fraction of sp³-hybridized carbons (Fsp3) is 0.438. The molecule has 1 spiro atoms. The second-order valence-corrected chi connectivity index (χ2v) is 5.89. The highest BCUT2D eigenvalue weighted by molar-refractivity contribution is 5.90. The molecule has 2 bridgehead atoms. The van der Waals surface area contributed by atoms with Crippen LogP contribution in [0.15, 0.2) is 36.4 Å². The van der Waals surface area contributed by atoms with E-state index in [4.69, 9.17) is 0 Å². The third kappa shape index (κ3) is 1.17. The van der Waals surface area contributed by atoms with Crippen LogP contribution in [0.5, 0.6) is 0 Å². The number of ketones is 1. The number of benzene rings is 1. The van der Waals surface area contributed by atoms with E-state index in [-0.39, 0.29) is 5.41 Å². The fourth-order valence-corrected chi connectivity index (χ4v) is 4.17. The van der Waals surface area contributed by atoms with Crippen molar-refractivity contribution >= 4 is 5.78 Å². The lowest BCUT2D eigenvalue weighted by atomic mass is 9.64. The van der Waals surface area contributed by atoms with Gasteiger partial charge in [-0.2, -0.15) is 0 Å². The Morgan fingerprint density at radius 1 is 1.12 bits per heavy atom. The van der Waals surface area contributed by atoms with Gasteiger partial charge in [0.15, 0.2) is 0 Å². The van der Waals surface area contributed by atoms with E-state index < -0.39 is 0 Å². The van der Waals surface area contributed by atoms with Gasteiger partial charge in [-0.15, -0.1) is 0 Å². The molecule has 0 heterocycles. The summed E-state index contributed by atoms with van der Waals surface area (Å²) in [5.74, 6) is 1.69. The molecule has 0 saturated heterocycles. The first-order valence-corrected chi connectivity index (χ1v) is 6.56. The van der Waals surface area contributed by atoms with Crippen LogP contribution in [0.2, 0.25) is 0 Å². The first kappa shape index (κ1) is 9.64. The molecule has 3 unspecified atom stereocenters. The number of hydrogen-bond acceptors (Lipinski definition) is 1. The summed E-state index contributed by atoms with van der Waals surface area (Å²) in [4.78, 5) is 12.5. The normalized spacial score (nSPS) is 37.8. The Morgan fingerprint density at radius 2 is 1.94 bits per heavy atom. The maximum atomic E-state index is 12.5. The third-order valence-corrected chi connectivity index (χ3v) is 5.04. The molecule has 86 valence electrons. The second-order valence-electron chi connectivity index (χ2n) is 5.89. The summed E-state index contributed by atoms with van der Waals surface area (Å²) >= 11 is 0. The predicted octanol–water partition coefficient (Wildman–Crippen LogP) is 2.94. The summed E-state index contributed by atoms with van der Waals surface area (Å²) in [7, 11) is 0. The van der Waals surface area contributed by atoms with Gasteiger partial charge in [0.05, 0.1) is 0 Å². The average Bonchev–Trinajstić information content (AvgIpc) is 2.91. The Labute approximate surface area is 102 Å². The van der Waals surface area contributed by atoms with Gasteiger partial charge in [-0.25, -0.2) is 0 Å². The molecule has 3 atom stereocenters. The number of carbonyl (C=O) groups excluding carboxylic acids is 1. The minimum atomic E-state index is -0.0340. The van der Waals surface area contributed by atoms with Crippen LogP contribution in [0.25, 0.3) is 0 Å². The number of carbonyl (C=O) groups is 1. The topological polar surface area (TPSA) is 17.1 Å². The molecule has 3 aliphatic carbocycles. The molecule has 0 amide bonds. The molecule has 0 aromatic heterocycles. The monoisotopic (exact) mass is 224 g/mol. The molecule has 0 N–H and O–H groups in total. The van der Waals surface area contributed by atoms with Crippen molar-refractivity contribution in [2.75, 3.05) is 0 Å². The molecule has 1 heteroatoms. The van der Waals surface area contributed by atoms with E-state index in [1.165, 1.54) is 17.5 Å². The molecule has 1 nitrogen and oxygen atoms in total. The molecular formula is C16H16O. The van der Waals surface area contributed by atoms with Crippen LogP contribution in [0, 0.1) is 17.3 Å². The molecule has 3 aliphatic rings. The number of Topliss-reactive ketones (excluding diaryl/α,β-unsaturated/α-hetero) is 1. The number of allylic oxidation sites excluding steroid dienone is 2.